The number of hydrazine groups is 1. The second-order valence-corrected chi connectivity index (χ2v) is 9.36. The third kappa shape index (κ3) is 6.71. The molecule has 0 radical (unpaired) electrons. The number of nitrogens with one attached hydrogen (secondary N) is 3. The summed E-state index contributed by atoms with van der Waals surface area (Å²) < 4.78 is 33.3. The van der Waals surface area contributed by atoms with Crippen LogP contribution in [-0.4, -0.2) is 26.3 Å². The highest BCUT2D eigenvalue weighted by atomic mass is 35.5. The van der Waals surface area contributed by atoms with E-state index in [-0.39, 0.29) is 22.3 Å². The molecule has 0 bridgehead atoms. The lowest BCUT2D eigenvalue weighted by Gasteiger charge is -2.11. The molecule has 0 unspecified atom stereocenters. The van der Waals surface area contributed by atoms with E-state index in [9.17, 15) is 18.0 Å². The minimum Gasteiger partial charge on any atom is -0.491 e. The van der Waals surface area contributed by atoms with E-state index in [0.717, 1.165) is 0 Å². The Balaban J connectivity index is 1.65. The van der Waals surface area contributed by atoms with Crippen molar-refractivity contribution in [2.45, 2.75) is 24.8 Å². The maximum Gasteiger partial charge on any atom is 0.269 e. The van der Waals surface area contributed by atoms with E-state index in [1.54, 1.807) is 42.5 Å². The van der Waals surface area contributed by atoms with Gasteiger partial charge >= 0.3 is 0 Å². The van der Waals surface area contributed by atoms with Crippen LogP contribution in [-0.2, 0) is 10.0 Å². The van der Waals surface area contributed by atoms with Crippen molar-refractivity contribution < 1.29 is 22.7 Å². The fraction of sp³-hybridized carbons (Fsp3) is 0.130. The maximum absolute atomic E-state index is 12.7. The number of sulfonamides is 1. The Bertz CT molecular complexity index is 1260. The lowest BCUT2D eigenvalue weighted by atomic mass is 10.2. The molecule has 10 heteroatoms. The Labute approximate surface area is 196 Å². The van der Waals surface area contributed by atoms with Crippen molar-refractivity contribution in [3.8, 4) is 5.75 Å². The number of amides is 2. The van der Waals surface area contributed by atoms with Crippen LogP contribution in [0, 0.1) is 0 Å². The third-order valence-corrected chi connectivity index (χ3v) is 5.88. The van der Waals surface area contributed by atoms with Gasteiger partial charge in [-0.15, -0.1) is 0 Å². The summed E-state index contributed by atoms with van der Waals surface area (Å²) in [4.78, 5) is 24.6. The number of benzene rings is 3. The van der Waals surface area contributed by atoms with Crippen molar-refractivity contribution >= 4 is 39.1 Å². The van der Waals surface area contributed by atoms with E-state index in [2.05, 4.69) is 15.6 Å². The van der Waals surface area contributed by atoms with Crippen molar-refractivity contribution in [1.82, 2.24) is 10.9 Å². The van der Waals surface area contributed by atoms with E-state index in [0.29, 0.717) is 16.3 Å². The van der Waals surface area contributed by atoms with Crippen LogP contribution in [0.4, 0.5) is 5.69 Å². The number of hydrogen-bond acceptors (Lipinski definition) is 5. The highest BCUT2D eigenvalue weighted by Crippen LogP contribution is 2.20. The topological polar surface area (TPSA) is 114 Å². The molecule has 0 fully saturated rings. The van der Waals surface area contributed by atoms with Crippen LogP contribution in [0.5, 0.6) is 5.75 Å². The third-order valence-electron chi connectivity index (χ3n) is 4.26. The summed E-state index contributed by atoms with van der Waals surface area (Å²) in [5, 5.41) is 0.376. The molecule has 0 aliphatic rings. The number of hydrogen-bond donors (Lipinski definition) is 3. The zero-order valence-electron chi connectivity index (χ0n) is 17.8. The standard InChI is InChI=1S/C23H22ClN3O5S/c1-15(2)32-20-11-9-16(10-12-20)22(28)25-26-23(29)17-5-3-8-21(13-17)33(30,31)27-19-7-4-6-18(24)14-19/h3-15,27H,1-2H3,(H,25,28)(H,26,29). The zero-order valence-corrected chi connectivity index (χ0v) is 19.4. The average Bonchev–Trinajstić information content (AvgIpc) is 2.77. The van der Waals surface area contributed by atoms with Crippen LogP contribution in [0.15, 0.2) is 77.7 Å². The number of rotatable bonds is 7. The molecule has 3 rings (SSSR count). The van der Waals surface area contributed by atoms with Crippen LogP contribution < -0.4 is 20.3 Å². The van der Waals surface area contributed by atoms with Gasteiger partial charge in [0.05, 0.1) is 16.7 Å². The van der Waals surface area contributed by atoms with Crippen molar-refractivity contribution in [2.24, 2.45) is 0 Å². The van der Waals surface area contributed by atoms with Crippen LogP contribution in [0.25, 0.3) is 0 Å². The highest BCUT2D eigenvalue weighted by molar-refractivity contribution is 7.92. The van der Waals surface area contributed by atoms with Gasteiger partial charge in [0.15, 0.2) is 0 Å². The maximum atomic E-state index is 12.7. The lowest BCUT2D eigenvalue weighted by Crippen LogP contribution is -2.41. The molecule has 0 atom stereocenters. The smallest absolute Gasteiger partial charge is 0.269 e. The number of halogens is 1. The molecule has 0 aliphatic heterocycles. The van der Waals surface area contributed by atoms with Gasteiger partial charge < -0.3 is 4.74 Å². The second-order valence-electron chi connectivity index (χ2n) is 7.24. The molecule has 172 valence electrons. The highest BCUT2D eigenvalue weighted by Gasteiger charge is 2.17. The summed E-state index contributed by atoms with van der Waals surface area (Å²) in [7, 11) is -3.96. The largest absolute Gasteiger partial charge is 0.491 e. The van der Waals surface area contributed by atoms with Gasteiger partial charge in [0.1, 0.15) is 5.75 Å². The summed E-state index contributed by atoms with van der Waals surface area (Å²) in [5.41, 5.74) is 5.23. The molecule has 3 N–H and O–H groups in total. The first-order valence-electron chi connectivity index (χ1n) is 9.90. The minimum atomic E-state index is -3.96. The lowest BCUT2D eigenvalue weighted by molar-refractivity contribution is 0.0846. The van der Waals surface area contributed by atoms with E-state index in [1.165, 1.54) is 30.3 Å². The SMILES string of the molecule is CC(C)Oc1ccc(C(=O)NNC(=O)c2cccc(S(=O)(=O)Nc3cccc(Cl)c3)c2)cc1. The fourth-order valence-electron chi connectivity index (χ4n) is 2.79. The first-order valence-corrected chi connectivity index (χ1v) is 11.8. The van der Waals surface area contributed by atoms with E-state index in [4.69, 9.17) is 16.3 Å². The molecule has 0 heterocycles. The fourth-order valence-corrected chi connectivity index (χ4v) is 4.07. The Morgan fingerprint density at radius 1 is 0.848 bits per heavy atom. The van der Waals surface area contributed by atoms with Crippen molar-refractivity contribution in [3.63, 3.8) is 0 Å². The van der Waals surface area contributed by atoms with Crippen molar-refractivity contribution in [2.75, 3.05) is 4.72 Å². The van der Waals surface area contributed by atoms with E-state index in [1.807, 2.05) is 13.8 Å². The molecule has 3 aromatic carbocycles. The second kappa shape index (κ2) is 10.4. The van der Waals surface area contributed by atoms with Crippen LogP contribution in [0.2, 0.25) is 5.02 Å². The van der Waals surface area contributed by atoms with Gasteiger partial charge in [-0.05, 0) is 74.5 Å². The monoisotopic (exact) mass is 487 g/mol. The number of ether oxygens (including phenoxy) is 1. The van der Waals surface area contributed by atoms with Crippen molar-refractivity contribution in [1.29, 1.82) is 0 Å². The molecule has 33 heavy (non-hydrogen) atoms. The summed E-state index contributed by atoms with van der Waals surface area (Å²) in [6.07, 6.45) is 0.00392. The predicted molar refractivity (Wildman–Crippen MR) is 126 cm³/mol. The summed E-state index contributed by atoms with van der Waals surface area (Å²) in [6.45, 7) is 3.79. The molecule has 0 aliphatic carbocycles. The molecule has 8 nitrogen and oxygen atoms in total. The zero-order chi connectivity index (χ0) is 24.0. The van der Waals surface area contributed by atoms with Gasteiger partial charge in [-0.2, -0.15) is 0 Å². The summed E-state index contributed by atoms with van der Waals surface area (Å²) in [6, 6.07) is 18.1. The Kier molecular flexibility index (Phi) is 7.57. The van der Waals surface area contributed by atoms with Gasteiger partial charge in [0.2, 0.25) is 0 Å². The number of carbonyl (C=O) groups excluding carboxylic acids is 2. The van der Waals surface area contributed by atoms with Gasteiger partial charge in [-0.25, -0.2) is 8.42 Å². The molecule has 0 aromatic heterocycles. The summed E-state index contributed by atoms with van der Waals surface area (Å²) in [5.74, 6) is -0.594. The van der Waals surface area contributed by atoms with E-state index >= 15 is 0 Å². The van der Waals surface area contributed by atoms with Crippen LogP contribution in [0.1, 0.15) is 34.6 Å². The predicted octanol–water partition coefficient (Wildman–Crippen LogP) is 4.00. The van der Waals surface area contributed by atoms with E-state index < -0.39 is 21.8 Å². The van der Waals surface area contributed by atoms with Gasteiger partial charge in [0, 0.05) is 16.1 Å². The molecular weight excluding hydrogens is 466 g/mol. The molecule has 3 aromatic rings. The first kappa shape index (κ1) is 24.1. The van der Waals surface area contributed by atoms with Crippen LogP contribution >= 0.6 is 11.6 Å². The Morgan fingerprint density at radius 2 is 1.48 bits per heavy atom. The normalized spacial score (nSPS) is 11.0. The molecule has 0 saturated carbocycles. The van der Waals surface area contributed by atoms with Gasteiger partial charge in [-0.3, -0.25) is 25.2 Å². The molecule has 0 saturated heterocycles. The average molecular weight is 488 g/mol. The van der Waals surface area contributed by atoms with Gasteiger partial charge in [0.25, 0.3) is 21.8 Å². The Morgan fingerprint density at radius 3 is 2.12 bits per heavy atom. The van der Waals surface area contributed by atoms with Gasteiger partial charge in [-0.1, -0.05) is 23.7 Å². The number of carbonyl (C=O) groups is 2. The molecule has 2 amide bonds. The van der Waals surface area contributed by atoms with Crippen molar-refractivity contribution in [3.05, 3.63) is 88.9 Å². The quantitative estimate of drug-likeness (QED) is 0.436. The van der Waals surface area contributed by atoms with Crippen LogP contribution in [0.3, 0.4) is 0 Å². The molecular formula is C23H22ClN3O5S. The first-order chi connectivity index (χ1) is 15.6. The Hall–Kier alpha value is -3.56. The molecule has 0 spiro atoms. The minimum absolute atomic E-state index is 0.00392. The summed E-state index contributed by atoms with van der Waals surface area (Å²) >= 11 is 5.89. The number of anilines is 1.